The zero-order valence-corrected chi connectivity index (χ0v) is 9.76. The van der Waals surface area contributed by atoms with Gasteiger partial charge in [-0.3, -0.25) is 0 Å². The molecule has 86 valence electrons. The number of piperidine rings is 1. The number of sulfonamides is 1. The van der Waals surface area contributed by atoms with Gasteiger partial charge in [0.2, 0.25) is 10.0 Å². The van der Waals surface area contributed by atoms with E-state index in [0.29, 0.717) is 12.5 Å². The Morgan fingerprint density at radius 2 is 2.33 bits per heavy atom. The van der Waals surface area contributed by atoms with Crippen LogP contribution in [0.2, 0.25) is 0 Å². The highest BCUT2D eigenvalue weighted by Gasteiger charge is 2.22. The number of nitrogens with zero attached hydrogens (tertiary/aromatic N) is 2. The monoisotopic (exact) mass is 231 g/mol. The van der Waals surface area contributed by atoms with Crippen LogP contribution >= 0.6 is 0 Å². The summed E-state index contributed by atoms with van der Waals surface area (Å²) in [4.78, 5) is 0. The van der Waals surface area contributed by atoms with Crippen LogP contribution in [0.25, 0.3) is 0 Å². The summed E-state index contributed by atoms with van der Waals surface area (Å²) >= 11 is 0. The number of nitrogens with one attached hydrogen (secondary N) is 1. The first-order valence-electron chi connectivity index (χ1n) is 5.08. The van der Waals surface area contributed by atoms with E-state index in [4.69, 9.17) is 5.26 Å². The van der Waals surface area contributed by atoms with Crippen LogP contribution in [0, 0.1) is 17.2 Å². The van der Waals surface area contributed by atoms with Gasteiger partial charge in [0.1, 0.15) is 0 Å². The maximum absolute atomic E-state index is 11.5. The minimum Gasteiger partial charge on any atom is -0.316 e. The van der Waals surface area contributed by atoms with Crippen LogP contribution in [0.5, 0.6) is 0 Å². The van der Waals surface area contributed by atoms with Gasteiger partial charge in [-0.25, -0.2) is 12.7 Å². The minimum atomic E-state index is -3.37. The molecular weight excluding hydrogens is 214 g/mol. The lowest BCUT2D eigenvalue weighted by Crippen LogP contribution is -2.39. The van der Waals surface area contributed by atoms with E-state index in [2.05, 4.69) is 5.32 Å². The molecule has 0 aromatic rings. The number of nitriles is 1. The normalized spacial score (nSPS) is 22.6. The summed E-state index contributed by atoms with van der Waals surface area (Å²) in [7, 11) is -1.82. The summed E-state index contributed by atoms with van der Waals surface area (Å²) in [6.45, 7) is 2.40. The van der Waals surface area contributed by atoms with Gasteiger partial charge in [-0.2, -0.15) is 5.26 Å². The van der Waals surface area contributed by atoms with E-state index in [-0.39, 0.29) is 0 Å². The Hall–Kier alpha value is -0.640. The molecule has 5 nitrogen and oxygen atoms in total. The molecule has 0 radical (unpaired) electrons. The molecular formula is C9H17N3O2S. The number of rotatable bonds is 4. The molecule has 0 aromatic heterocycles. The fraction of sp³-hybridized carbons (Fsp3) is 0.889. The van der Waals surface area contributed by atoms with Crippen molar-refractivity contribution < 1.29 is 8.42 Å². The predicted molar refractivity (Wildman–Crippen MR) is 57.6 cm³/mol. The van der Waals surface area contributed by atoms with Crippen molar-refractivity contribution in [2.75, 3.05) is 32.4 Å². The van der Waals surface area contributed by atoms with Crippen molar-refractivity contribution in [3.8, 4) is 6.07 Å². The first-order chi connectivity index (χ1) is 7.06. The molecule has 1 unspecified atom stereocenters. The average Bonchev–Trinajstić information content (AvgIpc) is 2.19. The van der Waals surface area contributed by atoms with Crippen LogP contribution in [0.1, 0.15) is 12.8 Å². The molecule has 0 spiro atoms. The second-order valence-electron chi connectivity index (χ2n) is 3.91. The van der Waals surface area contributed by atoms with E-state index in [1.54, 1.807) is 13.1 Å². The summed E-state index contributed by atoms with van der Waals surface area (Å²) in [5.41, 5.74) is 0. The Balaban J connectivity index is 2.47. The highest BCUT2D eigenvalue weighted by atomic mass is 32.2. The van der Waals surface area contributed by atoms with Crippen molar-refractivity contribution >= 4 is 10.0 Å². The number of hydrogen-bond donors (Lipinski definition) is 1. The van der Waals surface area contributed by atoms with Crippen molar-refractivity contribution in [1.29, 1.82) is 5.26 Å². The lowest BCUT2D eigenvalue weighted by atomic mass is 10.00. The second-order valence-corrected chi connectivity index (χ2v) is 5.98. The lowest BCUT2D eigenvalue weighted by molar-refractivity contribution is 0.315. The molecule has 15 heavy (non-hydrogen) atoms. The molecule has 0 saturated carbocycles. The number of hydrogen-bond acceptors (Lipinski definition) is 4. The smallest absolute Gasteiger partial charge is 0.227 e. The third-order valence-corrected chi connectivity index (χ3v) is 4.23. The highest BCUT2D eigenvalue weighted by Crippen LogP contribution is 2.12. The van der Waals surface area contributed by atoms with Crippen molar-refractivity contribution in [3.05, 3.63) is 0 Å². The van der Waals surface area contributed by atoms with E-state index in [0.717, 1.165) is 25.9 Å². The maximum atomic E-state index is 11.5. The van der Waals surface area contributed by atoms with E-state index in [9.17, 15) is 8.42 Å². The molecule has 1 aliphatic heterocycles. The molecule has 1 aliphatic rings. The zero-order chi connectivity index (χ0) is 11.3. The van der Waals surface area contributed by atoms with Crippen molar-refractivity contribution in [2.24, 2.45) is 5.92 Å². The molecule has 0 aromatic carbocycles. The van der Waals surface area contributed by atoms with Gasteiger partial charge in [-0.1, -0.05) is 0 Å². The van der Waals surface area contributed by atoms with E-state index >= 15 is 0 Å². The fourth-order valence-corrected chi connectivity index (χ4v) is 2.57. The first kappa shape index (κ1) is 12.4. The SMILES string of the molecule is CN(CC1CCCNC1)S(=O)(=O)CC#N. The van der Waals surface area contributed by atoms with Crippen molar-refractivity contribution in [2.45, 2.75) is 12.8 Å². The molecule has 1 heterocycles. The van der Waals surface area contributed by atoms with Gasteiger partial charge in [0.05, 0.1) is 6.07 Å². The molecule has 1 fully saturated rings. The Morgan fingerprint density at radius 1 is 1.60 bits per heavy atom. The Morgan fingerprint density at radius 3 is 2.87 bits per heavy atom. The van der Waals surface area contributed by atoms with E-state index in [1.165, 1.54) is 4.31 Å². The van der Waals surface area contributed by atoms with Crippen LogP contribution in [0.3, 0.4) is 0 Å². The van der Waals surface area contributed by atoms with E-state index < -0.39 is 15.8 Å². The fourth-order valence-electron chi connectivity index (χ4n) is 1.75. The summed E-state index contributed by atoms with van der Waals surface area (Å²) in [6.07, 6.45) is 2.15. The summed E-state index contributed by atoms with van der Waals surface area (Å²) in [5.74, 6) is -0.0545. The Bertz CT molecular complexity index is 328. The third kappa shape index (κ3) is 3.78. The molecule has 0 amide bonds. The van der Waals surface area contributed by atoms with Crippen LogP contribution < -0.4 is 5.32 Å². The molecule has 1 atom stereocenters. The predicted octanol–water partition coefficient (Wildman–Crippen LogP) is -0.229. The molecule has 1 saturated heterocycles. The molecule has 0 aliphatic carbocycles. The lowest BCUT2D eigenvalue weighted by Gasteiger charge is -2.26. The maximum Gasteiger partial charge on any atom is 0.227 e. The van der Waals surface area contributed by atoms with Crippen molar-refractivity contribution in [3.63, 3.8) is 0 Å². The van der Waals surface area contributed by atoms with Crippen LogP contribution in [0.15, 0.2) is 0 Å². The first-order valence-corrected chi connectivity index (χ1v) is 6.69. The van der Waals surface area contributed by atoms with Crippen molar-refractivity contribution in [1.82, 2.24) is 9.62 Å². The van der Waals surface area contributed by atoms with E-state index in [1.807, 2.05) is 0 Å². The molecule has 0 bridgehead atoms. The van der Waals surface area contributed by atoms with Gasteiger partial charge in [0.25, 0.3) is 0 Å². The van der Waals surface area contributed by atoms with Crippen LogP contribution in [-0.4, -0.2) is 45.2 Å². The zero-order valence-electron chi connectivity index (χ0n) is 8.94. The molecule has 1 rings (SSSR count). The average molecular weight is 231 g/mol. The summed E-state index contributed by atoms with van der Waals surface area (Å²) in [6, 6.07) is 1.68. The molecule has 6 heteroatoms. The topological polar surface area (TPSA) is 73.2 Å². The van der Waals surface area contributed by atoms with Crippen LogP contribution in [-0.2, 0) is 10.0 Å². The van der Waals surface area contributed by atoms with Gasteiger partial charge in [0.15, 0.2) is 5.75 Å². The van der Waals surface area contributed by atoms with Crippen LogP contribution in [0.4, 0.5) is 0 Å². The third-order valence-electron chi connectivity index (χ3n) is 2.64. The standard InChI is InChI=1S/C9H17N3O2S/c1-12(15(13,14)6-4-10)8-9-3-2-5-11-7-9/h9,11H,2-3,5-8H2,1H3. The summed E-state index contributed by atoms with van der Waals surface area (Å²) < 4.78 is 24.3. The van der Waals surface area contributed by atoms with Gasteiger partial charge in [-0.05, 0) is 31.8 Å². The largest absolute Gasteiger partial charge is 0.316 e. The Labute approximate surface area is 91.1 Å². The summed E-state index contributed by atoms with van der Waals surface area (Å²) in [5, 5.41) is 11.6. The molecule has 1 N–H and O–H groups in total. The quantitative estimate of drug-likeness (QED) is 0.725. The van der Waals surface area contributed by atoms with Gasteiger partial charge >= 0.3 is 0 Å². The van der Waals surface area contributed by atoms with Gasteiger partial charge in [0, 0.05) is 13.6 Å². The van der Waals surface area contributed by atoms with Gasteiger partial charge < -0.3 is 5.32 Å². The Kier molecular flexibility index (Phi) is 4.51. The van der Waals surface area contributed by atoms with Gasteiger partial charge in [-0.15, -0.1) is 0 Å². The highest BCUT2D eigenvalue weighted by molar-refractivity contribution is 7.89. The minimum absolute atomic E-state index is 0.372. The second kappa shape index (κ2) is 5.45.